The van der Waals surface area contributed by atoms with E-state index in [0.717, 1.165) is 11.1 Å². The molecule has 0 saturated carbocycles. The number of fused-ring (bicyclic) bond motifs is 1. The highest BCUT2D eigenvalue weighted by molar-refractivity contribution is 6.11. The summed E-state index contributed by atoms with van der Waals surface area (Å²) in [5.74, 6) is -1.12. The van der Waals surface area contributed by atoms with Gasteiger partial charge in [-0.1, -0.05) is 48.0 Å². The summed E-state index contributed by atoms with van der Waals surface area (Å²) in [5.41, 5.74) is 2.59. The van der Waals surface area contributed by atoms with Gasteiger partial charge in [0.1, 0.15) is 0 Å². The van der Waals surface area contributed by atoms with Crippen molar-refractivity contribution in [1.29, 1.82) is 0 Å². The number of benzene rings is 3. The topological polar surface area (TPSA) is 85.6 Å². The van der Waals surface area contributed by atoms with Gasteiger partial charge in [-0.05, 0) is 42.8 Å². The van der Waals surface area contributed by atoms with Gasteiger partial charge in [-0.3, -0.25) is 4.79 Å². The molecule has 0 radical (unpaired) electrons. The monoisotopic (exact) mass is 413 g/mol. The van der Waals surface area contributed by atoms with Crippen molar-refractivity contribution < 1.29 is 18.7 Å². The fourth-order valence-corrected chi connectivity index (χ4v) is 3.36. The van der Waals surface area contributed by atoms with E-state index in [4.69, 9.17) is 4.42 Å². The molecule has 6 nitrogen and oxygen atoms in total. The Bertz CT molecular complexity index is 1340. The number of carbonyl (C=O) groups excluding carboxylic acids is 2. The van der Waals surface area contributed by atoms with E-state index in [0.29, 0.717) is 27.6 Å². The highest BCUT2D eigenvalue weighted by Crippen LogP contribution is 2.31. The van der Waals surface area contributed by atoms with Gasteiger partial charge in [-0.2, -0.15) is 0 Å². The van der Waals surface area contributed by atoms with Crippen molar-refractivity contribution in [3.05, 3.63) is 100 Å². The maximum absolute atomic E-state index is 13.1. The van der Waals surface area contributed by atoms with Crippen LogP contribution in [-0.4, -0.2) is 19.0 Å². The first-order chi connectivity index (χ1) is 15.0. The smallest absolute Gasteiger partial charge is 0.344 e. The molecule has 3 aromatic carbocycles. The normalized spacial score (nSPS) is 10.6. The first kappa shape index (κ1) is 20.1. The van der Waals surface area contributed by atoms with Crippen LogP contribution in [0.5, 0.6) is 0 Å². The molecule has 0 saturated heterocycles. The number of carbonyl (C=O) groups is 2. The predicted molar refractivity (Wildman–Crippen MR) is 118 cm³/mol. The summed E-state index contributed by atoms with van der Waals surface area (Å²) in [7, 11) is 1.30. The second-order valence-corrected chi connectivity index (χ2v) is 7.03. The van der Waals surface area contributed by atoms with Crippen molar-refractivity contribution in [1.82, 2.24) is 0 Å². The Morgan fingerprint density at radius 1 is 0.871 bits per heavy atom. The highest BCUT2D eigenvalue weighted by Gasteiger charge is 2.21. The molecule has 0 spiro atoms. The van der Waals surface area contributed by atoms with E-state index >= 15 is 0 Å². The van der Waals surface area contributed by atoms with Crippen LogP contribution >= 0.6 is 0 Å². The molecular formula is C25H19NO5. The predicted octanol–water partition coefficient (Wildman–Crippen LogP) is 4.81. The van der Waals surface area contributed by atoms with E-state index in [1.807, 2.05) is 37.3 Å². The van der Waals surface area contributed by atoms with Gasteiger partial charge in [0.15, 0.2) is 0 Å². The van der Waals surface area contributed by atoms with Gasteiger partial charge >= 0.3 is 11.6 Å². The molecular weight excluding hydrogens is 394 g/mol. The Kier molecular flexibility index (Phi) is 5.37. The van der Waals surface area contributed by atoms with Crippen LogP contribution in [0.15, 0.2) is 82.0 Å². The fourth-order valence-electron chi connectivity index (χ4n) is 3.36. The van der Waals surface area contributed by atoms with Crippen LogP contribution < -0.4 is 10.9 Å². The minimum atomic E-state index is -0.586. The Hall–Kier alpha value is -4.19. The first-order valence-corrected chi connectivity index (χ1v) is 9.60. The Morgan fingerprint density at radius 3 is 2.16 bits per heavy atom. The third-order valence-corrected chi connectivity index (χ3v) is 4.95. The summed E-state index contributed by atoms with van der Waals surface area (Å²) in [4.78, 5) is 37.3. The Labute approximate surface area is 178 Å². The van der Waals surface area contributed by atoms with Gasteiger partial charge < -0.3 is 14.5 Å². The first-order valence-electron chi connectivity index (χ1n) is 9.60. The summed E-state index contributed by atoms with van der Waals surface area (Å²) < 4.78 is 10.2. The zero-order chi connectivity index (χ0) is 22.0. The van der Waals surface area contributed by atoms with E-state index in [-0.39, 0.29) is 5.76 Å². The number of methoxy groups -OCH3 is 1. The number of nitrogens with one attached hydrogen (secondary N) is 1. The molecule has 1 aromatic heterocycles. The molecule has 6 heteroatoms. The van der Waals surface area contributed by atoms with Gasteiger partial charge in [-0.15, -0.1) is 0 Å². The lowest BCUT2D eigenvalue weighted by atomic mass is 9.97. The van der Waals surface area contributed by atoms with Crippen molar-refractivity contribution in [3.8, 4) is 11.1 Å². The average Bonchev–Trinajstić information content (AvgIpc) is 2.80. The number of hydrogen-bond acceptors (Lipinski definition) is 5. The number of aryl methyl sites for hydroxylation is 1. The maximum atomic E-state index is 13.1. The fraction of sp³-hybridized carbons (Fsp3) is 0.0800. The van der Waals surface area contributed by atoms with Crippen LogP contribution in [0, 0.1) is 6.92 Å². The van der Waals surface area contributed by atoms with Crippen LogP contribution in [0.3, 0.4) is 0 Å². The van der Waals surface area contributed by atoms with Crippen LogP contribution in [-0.2, 0) is 4.74 Å². The minimum absolute atomic E-state index is 0.0791. The zero-order valence-electron chi connectivity index (χ0n) is 17.0. The molecule has 0 bridgehead atoms. The number of esters is 1. The molecule has 1 heterocycles. The van der Waals surface area contributed by atoms with E-state index in [1.165, 1.54) is 7.11 Å². The van der Waals surface area contributed by atoms with Gasteiger partial charge in [0, 0.05) is 16.6 Å². The van der Waals surface area contributed by atoms with Crippen LogP contribution in [0.1, 0.15) is 26.5 Å². The van der Waals surface area contributed by atoms with Crippen molar-refractivity contribution in [2.45, 2.75) is 6.92 Å². The van der Waals surface area contributed by atoms with E-state index in [9.17, 15) is 14.4 Å². The van der Waals surface area contributed by atoms with E-state index in [2.05, 4.69) is 10.1 Å². The molecule has 1 N–H and O–H groups in total. The quantitative estimate of drug-likeness (QED) is 0.486. The Morgan fingerprint density at radius 2 is 1.52 bits per heavy atom. The molecule has 1 amide bonds. The highest BCUT2D eigenvalue weighted by atomic mass is 16.5. The molecule has 0 atom stereocenters. The van der Waals surface area contributed by atoms with Crippen molar-refractivity contribution in [2.75, 3.05) is 12.4 Å². The van der Waals surface area contributed by atoms with Crippen molar-refractivity contribution >= 4 is 28.3 Å². The van der Waals surface area contributed by atoms with Crippen LogP contribution in [0.25, 0.3) is 21.9 Å². The second kappa shape index (κ2) is 8.28. The lowest BCUT2D eigenvalue weighted by Gasteiger charge is -2.12. The SMILES string of the molecule is COC(=O)c1ccc(NC(=O)c2oc(=O)c3ccccc3c2-c2ccc(C)cc2)cc1. The van der Waals surface area contributed by atoms with Gasteiger partial charge in [0.05, 0.1) is 18.1 Å². The standard InChI is InChI=1S/C25H19NO5/c1-15-7-9-16(10-8-15)21-19-5-3-4-6-20(19)25(29)31-22(21)23(27)26-18-13-11-17(12-14-18)24(28)30-2/h3-14H,1-2H3,(H,26,27). The van der Waals surface area contributed by atoms with Crippen molar-refractivity contribution in [2.24, 2.45) is 0 Å². The summed E-state index contributed by atoms with van der Waals surface area (Å²) in [6.45, 7) is 1.97. The Balaban J connectivity index is 1.80. The zero-order valence-corrected chi connectivity index (χ0v) is 17.0. The van der Waals surface area contributed by atoms with Crippen LogP contribution in [0.2, 0.25) is 0 Å². The number of amides is 1. The number of rotatable bonds is 4. The third-order valence-electron chi connectivity index (χ3n) is 4.95. The molecule has 0 aliphatic heterocycles. The minimum Gasteiger partial charge on any atom is -0.465 e. The molecule has 0 aliphatic rings. The number of anilines is 1. The maximum Gasteiger partial charge on any atom is 0.344 e. The third kappa shape index (κ3) is 3.96. The molecule has 4 aromatic rings. The summed E-state index contributed by atoms with van der Waals surface area (Å²) >= 11 is 0. The lowest BCUT2D eigenvalue weighted by molar-refractivity contribution is 0.0600. The van der Waals surface area contributed by atoms with Gasteiger partial charge in [0.2, 0.25) is 5.76 Å². The molecule has 0 aliphatic carbocycles. The van der Waals surface area contributed by atoms with Crippen LogP contribution in [0.4, 0.5) is 5.69 Å². The van der Waals surface area contributed by atoms with E-state index < -0.39 is 17.5 Å². The summed E-state index contributed by atoms with van der Waals surface area (Å²) in [5, 5.41) is 3.77. The summed E-state index contributed by atoms with van der Waals surface area (Å²) in [6.07, 6.45) is 0. The van der Waals surface area contributed by atoms with Crippen molar-refractivity contribution in [3.63, 3.8) is 0 Å². The molecule has 0 fully saturated rings. The molecule has 31 heavy (non-hydrogen) atoms. The molecule has 0 unspecified atom stereocenters. The van der Waals surface area contributed by atoms with Gasteiger partial charge in [0.25, 0.3) is 5.91 Å². The average molecular weight is 413 g/mol. The molecule has 154 valence electrons. The lowest BCUT2D eigenvalue weighted by Crippen LogP contribution is -2.17. The van der Waals surface area contributed by atoms with E-state index in [1.54, 1.807) is 42.5 Å². The molecule has 4 rings (SSSR count). The second-order valence-electron chi connectivity index (χ2n) is 7.03. The largest absolute Gasteiger partial charge is 0.465 e. The number of ether oxygens (including phenoxy) is 1. The summed E-state index contributed by atoms with van der Waals surface area (Å²) in [6, 6.07) is 20.9. The number of hydrogen-bond donors (Lipinski definition) is 1. The van der Waals surface area contributed by atoms with Gasteiger partial charge in [-0.25, -0.2) is 9.59 Å².